The summed E-state index contributed by atoms with van der Waals surface area (Å²) >= 11 is 0. The molecule has 37 heavy (non-hydrogen) atoms. The minimum absolute atomic E-state index is 0.133. The van der Waals surface area contributed by atoms with Crippen molar-refractivity contribution in [2.75, 3.05) is 10.6 Å². The number of amides is 1. The fraction of sp³-hybridized carbons (Fsp3) is 0. The monoisotopic (exact) mass is 488 g/mol. The zero-order valence-electron chi connectivity index (χ0n) is 19.3. The third-order valence-electron chi connectivity index (χ3n) is 6.01. The number of aromatic amines is 2. The van der Waals surface area contributed by atoms with E-state index < -0.39 is 5.97 Å². The summed E-state index contributed by atoms with van der Waals surface area (Å²) in [5, 5.41) is 23.9. The van der Waals surface area contributed by atoms with Crippen molar-refractivity contribution in [3.8, 4) is 22.8 Å². The van der Waals surface area contributed by atoms with E-state index in [0.717, 1.165) is 28.1 Å². The first-order chi connectivity index (χ1) is 18.0. The van der Waals surface area contributed by atoms with E-state index in [9.17, 15) is 9.59 Å². The molecule has 1 aliphatic rings. The van der Waals surface area contributed by atoms with Gasteiger partial charge < -0.3 is 25.7 Å². The SMILES string of the molecule is O=C1Nc2cc(Nc3cccc(-c4nnc(-c5ccccc5)[nH]4)c3)ccc2C1=Cc1cc(C(=O)O)c[nH]1. The van der Waals surface area contributed by atoms with Crippen LogP contribution in [0.25, 0.3) is 34.4 Å². The van der Waals surface area contributed by atoms with Crippen molar-refractivity contribution >= 4 is 40.6 Å². The number of aromatic nitrogens is 4. The maximum atomic E-state index is 12.6. The van der Waals surface area contributed by atoms with Crippen LogP contribution in [0.5, 0.6) is 0 Å². The standard InChI is InChI=1S/C28H20N6O3/c35-27-23(13-21-12-18(15-29-21)28(36)37)22-10-9-20(14-24(22)31-27)30-19-8-4-7-17(11-19)26-32-25(33-34-26)16-5-2-1-3-6-16/h1-15,29-30H,(H,31,35)(H,36,37)(H,32,33,34). The van der Waals surface area contributed by atoms with Gasteiger partial charge in [0.2, 0.25) is 0 Å². The largest absolute Gasteiger partial charge is 0.478 e. The molecule has 0 fully saturated rings. The molecule has 1 aliphatic heterocycles. The van der Waals surface area contributed by atoms with Crippen LogP contribution in [0.3, 0.4) is 0 Å². The maximum absolute atomic E-state index is 12.6. The molecule has 0 unspecified atom stereocenters. The smallest absolute Gasteiger partial charge is 0.337 e. The Kier molecular flexibility index (Phi) is 5.35. The molecule has 2 aromatic heterocycles. The van der Waals surface area contributed by atoms with Crippen LogP contribution in [0.1, 0.15) is 21.6 Å². The second-order valence-corrected chi connectivity index (χ2v) is 8.52. The van der Waals surface area contributed by atoms with Gasteiger partial charge >= 0.3 is 5.97 Å². The van der Waals surface area contributed by atoms with Gasteiger partial charge in [-0.25, -0.2) is 4.79 Å². The van der Waals surface area contributed by atoms with Gasteiger partial charge in [0.1, 0.15) is 0 Å². The molecule has 0 bridgehead atoms. The second kappa shape index (κ2) is 8.97. The molecular formula is C28H20N6O3. The summed E-state index contributed by atoms with van der Waals surface area (Å²) in [5.41, 5.74) is 6.04. The number of carbonyl (C=O) groups excluding carboxylic acids is 1. The van der Waals surface area contributed by atoms with Crippen molar-refractivity contribution < 1.29 is 14.7 Å². The molecule has 5 N–H and O–H groups in total. The third kappa shape index (κ3) is 4.37. The van der Waals surface area contributed by atoms with E-state index in [-0.39, 0.29) is 11.5 Å². The Hall–Kier alpha value is -5.44. The lowest BCUT2D eigenvalue weighted by atomic mass is 10.1. The lowest BCUT2D eigenvalue weighted by Gasteiger charge is -2.09. The molecule has 0 saturated carbocycles. The fourth-order valence-corrected chi connectivity index (χ4v) is 4.22. The number of H-pyrrole nitrogens is 2. The number of nitrogens with zero attached hydrogens (tertiary/aromatic N) is 2. The van der Waals surface area contributed by atoms with Crippen LogP contribution < -0.4 is 10.6 Å². The number of carbonyl (C=O) groups is 2. The molecule has 0 spiro atoms. The van der Waals surface area contributed by atoms with Gasteiger partial charge in [-0.3, -0.25) is 4.79 Å². The number of fused-ring (bicyclic) bond motifs is 1. The van der Waals surface area contributed by atoms with Crippen molar-refractivity contribution in [2.24, 2.45) is 0 Å². The van der Waals surface area contributed by atoms with Gasteiger partial charge in [-0.15, -0.1) is 10.2 Å². The lowest BCUT2D eigenvalue weighted by Crippen LogP contribution is -2.03. The van der Waals surface area contributed by atoms with Crippen molar-refractivity contribution in [1.29, 1.82) is 0 Å². The maximum Gasteiger partial charge on any atom is 0.337 e. The van der Waals surface area contributed by atoms with Gasteiger partial charge in [0.25, 0.3) is 5.91 Å². The number of anilines is 3. The number of aromatic carboxylic acids is 1. The highest BCUT2D eigenvalue weighted by molar-refractivity contribution is 6.35. The normalized spacial score (nSPS) is 13.4. The second-order valence-electron chi connectivity index (χ2n) is 8.52. The average Bonchev–Trinajstić information content (AvgIpc) is 3.65. The van der Waals surface area contributed by atoms with Gasteiger partial charge in [-0.2, -0.15) is 0 Å². The minimum Gasteiger partial charge on any atom is -0.478 e. The highest BCUT2D eigenvalue weighted by Gasteiger charge is 2.24. The molecule has 0 atom stereocenters. The molecule has 9 heteroatoms. The Morgan fingerprint density at radius 2 is 1.62 bits per heavy atom. The molecule has 180 valence electrons. The molecule has 3 heterocycles. The number of carboxylic acids is 1. The van der Waals surface area contributed by atoms with Crippen LogP contribution in [0, 0.1) is 0 Å². The summed E-state index contributed by atoms with van der Waals surface area (Å²) in [6.07, 6.45) is 3.04. The first kappa shape index (κ1) is 22.1. The topological polar surface area (TPSA) is 136 Å². The summed E-state index contributed by atoms with van der Waals surface area (Å²) in [4.78, 5) is 29.9. The quantitative estimate of drug-likeness (QED) is 0.203. The number of nitrogens with one attached hydrogen (secondary N) is 4. The number of hydrogen-bond acceptors (Lipinski definition) is 5. The van der Waals surface area contributed by atoms with Gasteiger partial charge in [-0.05, 0) is 36.4 Å². The molecule has 0 radical (unpaired) electrons. The van der Waals surface area contributed by atoms with E-state index in [2.05, 4.69) is 30.8 Å². The summed E-state index contributed by atoms with van der Waals surface area (Å²) in [7, 11) is 0. The fourth-order valence-electron chi connectivity index (χ4n) is 4.22. The Balaban J connectivity index is 1.23. The van der Waals surface area contributed by atoms with Crippen LogP contribution in [0.15, 0.2) is 85.1 Å². The summed E-state index contributed by atoms with van der Waals surface area (Å²) in [5.74, 6) is 0.0802. The molecule has 5 aromatic rings. The van der Waals surface area contributed by atoms with Crippen LogP contribution >= 0.6 is 0 Å². The molecule has 9 nitrogen and oxygen atoms in total. The highest BCUT2D eigenvalue weighted by atomic mass is 16.4. The zero-order chi connectivity index (χ0) is 25.4. The Labute approximate surface area is 210 Å². The van der Waals surface area contributed by atoms with Crippen molar-refractivity contribution in [2.45, 2.75) is 0 Å². The summed E-state index contributed by atoms with van der Waals surface area (Å²) in [6, 6.07) is 24.7. The Morgan fingerprint density at radius 1 is 0.865 bits per heavy atom. The molecule has 0 saturated heterocycles. The van der Waals surface area contributed by atoms with Crippen molar-refractivity contribution in [3.63, 3.8) is 0 Å². The predicted molar refractivity (Wildman–Crippen MR) is 141 cm³/mol. The molecule has 6 rings (SSSR count). The summed E-state index contributed by atoms with van der Waals surface area (Å²) < 4.78 is 0. The van der Waals surface area contributed by atoms with Crippen LogP contribution in [-0.4, -0.2) is 37.1 Å². The van der Waals surface area contributed by atoms with Gasteiger partial charge in [0.15, 0.2) is 11.6 Å². The number of benzene rings is 3. The van der Waals surface area contributed by atoms with Gasteiger partial charge in [-0.1, -0.05) is 48.5 Å². The number of rotatable bonds is 6. The van der Waals surface area contributed by atoms with E-state index in [1.165, 1.54) is 12.3 Å². The predicted octanol–water partition coefficient (Wildman–Crippen LogP) is 5.40. The lowest BCUT2D eigenvalue weighted by molar-refractivity contribution is -0.110. The van der Waals surface area contributed by atoms with Crippen molar-refractivity contribution in [1.82, 2.24) is 20.2 Å². The first-order valence-electron chi connectivity index (χ1n) is 11.5. The average molecular weight is 489 g/mol. The Morgan fingerprint density at radius 3 is 2.41 bits per heavy atom. The first-order valence-corrected chi connectivity index (χ1v) is 11.5. The van der Waals surface area contributed by atoms with E-state index in [1.807, 2.05) is 72.8 Å². The van der Waals surface area contributed by atoms with Gasteiger partial charge in [0, 0.05) is 40.0 Å². The van der Waals surface area contributed by atoms with Crippen LogP contribution in [0.2, 0.25) is 0 Å². The van der Waals surface area contributed by atoms with E-state index in [0.29, 0.717) is 28.6 Å². The van der Waals surface area contributed by atoms with Gasteiger partial charge in [0.05, 0.1) is 16.8 Å². The molecular weight excluding hydrogens is 468 g/mol. The summed E-state index contributed by atoms with van der Waals surface area (Å²) in [6.45, 7) is 0. The van der Waals surface area contributed by atoms with E-state index >= 15 is 0 Å². The molecule has 0 aliphatic carbocycles. The minimum atomic E-state index is -1.03. The number of carboxylic acid groups (broad SMARTS) is 1. The van der Waals surface area contributed by atoms with Crippen molar-refractivity contribution in [3.05, 3.63) is 102 Å². The van der Waals surface area contributed by atoms with E-state index in [4.69, 9.17) is 5.11 Å². The number of hydrogen-bond donors (Lipinski definition) is 5. The van der Waals surface area contributed by atoms with E-state index in [1.54, 1.807) is 6.08 Å². The van der Waals surface area contributed by atoms with Crippen LogP contribution in [0.4, 0.5) is 17.1 Å². The zero-order valence-corrected chi connectivity index (χ0v) is 19.3. The Bertz CT molecular complexity index is 1680. The molecule has 1 amide bonds. The third-order valence-corrected chi connectivity index (χ3v) is 6.01. The molecule has 3 aromatic carbocycles. The highest BCUT2D eigenvalue weighted by Crippen LogP contribution is 2.36. The van der Waals surface area contributed by atoms with Crippen LogP contribution in [-0.2, 0) is 4.79 Å².